The minimum absolute atomic E-state index is 0.0291. The van der Waals surface area contributed by atoms with Gasteiger partial charge >= 0.3 is 0 Å². The Labute approximate surface area is 145 Å². The quantitative estimate of drug-likeness (QED) is 0.905. The van der Waals surface area contributed by atoms with Crippen LogP contribution in [0.2, 0.25) is 0 Å². The number of hydrogen-bond donors (Lipinski definition) is 1. The third kappa shape index (κ3) is 3.67. The molecule has 1 aliphatic carbocycles. The number of nitrogens with one attached hydrogen (secondary N) is 1. The van der Waals surface area contributed by atoms with E-state index in [0.29, 0.717) is 18.1 Å². The standard InChI is InChI=1S/C17H22N4O2S/c1-20(11-13-8-5-9-24-13)17(23)14-10-15(21(2)19-14)18-16(22)12-6-3-4-7-12/h5,8-10,12H,3-4,6-7,11H2,1-2H3,(H,18,22). The van der Waals surface area contributed by atoms with Gasteiger partial charge in [-0.15, -0.1) is 11.3 Å². The summed E-state index contributed by atoms with van der Waals surface area (Å²) >= 11 is 1.62. The third-order valence-electron chi connectivity index (χ3n) is 4.40. The molecular formula is C17H22N4O2S. The molecule has 2 heterocycles. The number of rotatable bonds is 5. The molecule has 7 heteroatoms. The number of thiophene rings is 1. The van der Waals surface area contributed by atoms with Crippen molar-refractivity contribution in [2.24, 2.45) is 13.0 Å². The molecule has 1 fully saturated rings. The molecule has 0 atom stereocenters. The van der Waals surface area contributed by atoms with E-state index in [1.165, 1.54) is 0 Å². The largest absolute Gasteiger partial charge is 0.335 e. The van der Waals surface area contributed by atoms with Crippen molar-refractivity contribution >= 4 is 29.0 Å². The van der Waals surface area contributed by atoms with Crippen LogP contribution in [0.15, 0.2) is 23.6 Å². The van der Waals surface area contributed by atoms with Crippen molar-refractivity contribution in [3.05, 3.63) is 34.2 Å². The van der Waals surface area contributed by atoms with Crippen molar-refractivity contribution in [2.45, 2.75) is 32.2 Å². The molecule has 0 bridgehead atoms. The lowest BCUT2D eigenvalue weighted by molar-refractivity contribution is -0.119. The first-order chi connectivity index (χ1) is 11.5. The highest BCUT2D eigenvalue weighted by atomic mass is 32.1. The van der Waals surface area contributed by atoms with Crippen LogP contribution in [0, 0.1) is 5.92 Å². The normalized spacial score (nSPS) is 14.8. The second-order valence-electron chi connectivity index (χ2n) is 6.25. The Balaban J connectivity index is 1.66. The number of amides is 2. The molecule has 2 aromatic rings. The smallest absolute Gasteiger partial charge is 0.274 e. The molecule has 2 aromatic heterocycles. The van der Waals surface area contributed by atoms with E-state index in [9.17, 15) is 9.59 Å². The van der Waals surface area contributed by atoms with Gasteiger partial charge in [-0.1, -0.05) is 18.9 Å². The van der Waals surface area contributed by atoms with Crippen LogP contribution in [-0.4, -0.2) is 33.5 Å². The highest BCUT2D eigenvalue weighted by Gasteiger charge is 2.24. The Bertz CT molecular complexity index is 717. The van der Waals surface area contributed by atoms with E-state index in [4.69, 9.17) is 0 Å². The highest BCUT2D eigenvalue weighted by molar-refractivity contribution is 7.09. The monoisotopic (exact) mass is 346 g/mol. The van der Waals surface area contributed by atoms with E-state index < -0.39 is 0 Å². The summed E-state index contributed by atoms with van der Waals surface area (Å²) in [4.78, 5) is 27.5. The number of carbonyl (C=O) groups excluding carboxylic acids is 2. The highest BCUT2D eigenvalue weighted by Crippen LogP contribution is 2.26. The first-order valence-corrected chi connectivity index (χ1v) is 9.05. The average Bonchev–Trinajstić information content (AvgIpc) is 3.29. The van der Waals surface area contributed by atoms with Crippen LogP contribution < -0.4 is 5.32 Å². The molecule has 0 spiro atoms. The first-order valence-electron chi connectivity index (χ1n) is 8.17. The number of aromatic nitrogens is 2. The van der Waals surface area contributed by atoms with Gasteiger partial charge in [-0.3, -0.25) is 14.3 Å². The van der Waals surface area contributed by atoms with Crippen LogP contribution in [0.3, 0.4) is 0 Å². The van der Waals surface area contributed by atoms with E-state index in [1.807, 2.05) is 17.5 Å². The molecule has 128 valence electrons. The van der Waals surface area contributed by atoms with Crippen molar-refractivity contribution in [3.8, 4) is 0 Å². The minimum Gasteiger partial charge on any atom is -0.335 e. The van der Waals surface area contributed by atoms with Crippen LogP contribution in [-0.2, 0) is 18.4 Å². The van der Waals surface area contributed by atoms with E-state index in [1.54, 1.807) is 41.1 Å². The Kier molecular flexibility index (Phi) is 4.99. The van der Waals surface area contributed by atoms with Crippen LogP contribution in [0.25, 0.3) is 0 Å². The molecule has 24 heavy (non-hydrogen) atoms. The summed E-state index contributed by atoms with van der Waals surface area (Å²) in [6.07, 6.45) is 4.11. The molecule has 1 saturated carbocycles. The molecule has 6 nitrogen and oxygen atoms in total. The maximum atomic E-state index is 12.5. The minimum atomic E-state index is -0.152. The fourth-order valence-corrected chi connectivity index (χ4v) is 3.77. The van der Waals surface area contributed by atoms with Crippen LogP contribution in [0.1, 0.15) is 41.0 Å². The maximum absolute atomic E-state index is 12.5. The van der Waals surface area contributed by atoms with Crippen LogP contribution in [0.5, 0.6) is 0 Å². The lowest BCUT2D eigenvalue weighted by atomic mass is 10.1. The van der Waals surface area contributed by atoms with Crippen molar-refractivity contribution in [1.82, 2.24) is 14.7 Å². The number of nitrogens with zero attached hydrogens (tertiary/aromatic N) is 3. The lowest BCUT2D eigenvalue weighted by Crippen LogP contribution is -2.26. The Hall–Kier alpha value is -2.15. The molecule has 3 rings (SSSR count). The van der Waals surface area contributed by atoms with Gasteiger partial charge in [0.15, 0.2) is 5.69 Å². The zero-order valence-electron chi connectivity index (χ0n) is 14.0. The van der Waals surface area contributed by atoms with Gasteiger partial charge in [0.2, 0.25) is 5.91 Å². The summed E-state index contributed by atoms with van der Waals surface area (Å²) in [5, 5.41) is 9.15. The van der Waals surface area contributed by atoms with Gasteiger partial charge in [0, 0.05) is 31.0 Å². The summed E-state index contributed by atoms with van der Waals surface area (Å²) in [5.41, 5.74) is 0.346. The molecular weight excluding hydrogens is 324 g/mol. The van der Waals surface area contributed by atoms with Crippen LogP contribution >= 0.6 is 11.3 Å². The summed E-state index contributed by atoms with van der Waals surface area (Å²) in [6, 6.07) is 5.62. The zero-order chi connectivity index (χ0) is 17.1. The number of aryl methyl sites for hydroxylation is 1. The number of carbonyl (C=O) groups is 2. The van der Waals surface area contributed by atoms with Crippen LogP contribution in [0.4, 0.5) is 5.82 Å². The summed E-state index contributed by atoms with van der Waals surface area (Å²) in [5.74, 6) is 0.530. The fourth-order valence-electron chi connectivity index (χ4n) is 3.01. The van der Waals surface area contributed by atoms with Gasteiger partial charge in [0.05, 0.1) is 6.54 Å². The fraction of sp³-hybridized carbons (Fsp3) is 0.471. The van der Waals surface area contributed by atoms with Gasteiger partial charge in [-0.05, 0) is 24.3 Å². The molecule has 0 radical (unpaired) electrons. The molecule has 0 unspecified atom stereocenters. The van der Waals surface area contributed by atoms with E-state index in [2.05, 4.69) is 10.4 Å². The second kappa shape index (κ2) is 7.17. The number of hydrogen-bond acceptors (Lipinski definition) is 4. The summed E-state index contributed by atoms with van der Waals surface area (Å²) in [7, 11) is 3.49. The lowest BCUT2D eigenvalue weighted by Gasteiger charge is -2.14. The van der Waals surface area contributed by atoms with Gasteiger partial charge in [-0.25, -0.2) is 0 Å². The zero-order valence-corrected chi connectivity index (χ0v) is 14.8. The summed E-state index contributed by atoms with van der Waals surface area (Å²) < 4.78 is 1.55. The van der Waals surface area contributed by atoms with Crippen molar-refractivity contribution in [3.63, 3.8) is 0 Å². The summed E-state index contributed by atoms with van der Waals surface area (Å²) in [6.45, 7) is 0.552. The van der Waals surface area contributed by atoms with E-state index in [-0.39, 0.29) is 17.7 Å². The van der Waals surface area contributed by atoms with E-state index in [0.717, 1.165) is 30.6 Å². The van der Waals surface area contributed by atoms with Crippen molar-refractivity contribution in [2.75, 3.05) is 12.4 Å². The van der Waals surface area contributed by atoms with Gasteiger partial charge < -0.3 is 10.2 Å². The predicted octanol–water partition coefficient (Wildman–Crippen LogP) is 2.88. The van der Waals surface area contributed by atoms with Gasteiger partial charge in [-0.2, -0.15) is 5.10 Å². The van der Waals surface area contributed by atoms with Gasteiger partial charge in [0.25, 0.3) is 5.91 Å². The molecule has 1 N–H and O–H groups in total. The van der Waals surface area contributed by atoms with Gasteiger partial charge in [0.1, 0.15) is 5.82 Å². The SMILES string of the molecule is CN(Cc1cccs1)C(=O)c1cc(NC(=O)C2CCCC2)n(C)n1. The molecule has 0 saturated heterocycles. The van der Waals surface area contributed by atoms with E-state index >= 15 is 0 Å². The molecule has 0 aromatic carbocycles. The molecule has 1 aliphatic rings. The number of anilines is 1. The topological polar surface area (TPSA) is 67.2 Å². The molecule has 2 amide bonds. The second-order valence-corrected chi connectivity index (χ2v) is 7.28. The predicted molar refractivity (Wildman–Crippen MR) is 93.9 cm³/mol. The average molecular weight is 346 g/mol. The Morgan fingerprint density at radius 2 is 2.17 bits per heavy atom. The third-order valence-corrected chi connectivity index (χ3v) is 5.26. The maximum Gasteiger partial charge on any atom is 0.274 e. The Morgan fingerprint density at radius 3 is 2.83 bits per heavy atom. The Morgan fingerprint density at radius 1 is 1.42 bits per heavy atom. The first kappa shape index (κ1) is 16.7. The van der Waals surface area contributed by atoms with Crippen molar-refractivity contribution in [1.29, 1.82) is 0 Å². The molecule has 0 aliphatic heterocycles. The van der Waals surface area contributed by atoms with Crippen molar-refractivity contribution < 1.29 is 9.59 Å².